The van der Waals surface area contributed by atoms with Crippen LogP contribution in [-0.4, -0.2) is 35.8 Å². The van der Waals surface area contributed by atoms with Gasteiger partial charge in [0, 0.05) is 21.2 Å². The smallest absolute Gasteiger partial charge is 0.307 e. The van der Waals surface area contributed by atoms with E-state index in [-0.39, 0.29) is 44.2 Å². The lowest BCUT2D eigenvalue weighted by Gasteiger charge is -2.40. The van der Waals surface area contributed by atoms with Crippen molar-refractivity contribution in [3.63, 3.8) is 0 Å². The molecule has 3 aromatic rings. The highest BCUT2D eigenvalue weighted by Crippen LogP contribution is 2.67. The van der Waals surface area contributed by atoms with Crippen LogP contribution >= 0.6 is 30.8 Å². The molecule has 0 radical (unpaired) electrons. The fourth-order valence-corrected chi connectivity index (χ4v) is 10.3. The van der Waals surface area contributed by atoms with Crippen LogP contribution in [0.15, 0.2) is 93.6 Å². The summed E-state index contributed by atoms with van der Waals surface area (Å²) < 4.78 is 85.6. The predicted octanol–water partition coefficient (Wildman–Crippen LogP) is 7.51. The van der Waals surface area contributed by atoms with Gasteiger partial charge >= 0.3 is 7.60 Å². The van der Waals surface area contributed by atoms with Gasteiger partial charge in [0.15, 0.2) is 5.28 Å². The van der Waals surface area contributed by atoms with Gasteiger partial charge < -0.3 is 9.05 Å². The monoisotopic (exact) mass is 699 g/mol. The molecule has 0 saturated heterocycles. The molecule has 1 N–H and O–H groups in total. The van der Waals surface area contributed by atoms with Crippen LogP contribution in [0.25, 0.3) is 0 Å². The van der Waals surface area contributed by atoms with Gasteiger partial charge in [-0.1, -0.05) is 74.2 Å². The lowest BCUT2D eigenvalue weighted by molar-refractivity contribution is 0.103. The molecule has 0 heterocycles. The maximum absolute atomic E-state index is 15.2. The first-order valence-corrected chi connectivity index (χ1v) is 19.1. The largest absolute Gasteiger partial charge is 0.360 e. The number of halogens is 2. The summed E-state index contributed by atoms with van der Waals surface area (Å²) in [4.78, 5) is 12.6. The third-order valence-electron chi connectivity index (χ3n) is 6.92. The van der Waals surface area contributed by atoms with Crippen LogP contribution in [0.1, 0.15) is 55.5 Å². The third kappa shape index (κ3) is 6.90. The molecule has 3 aromatic carbocycles. The molecule has 1 unspecified atom stereocenters. The van der Waals surface area contributed by atoms with Crippen LogP contribution in [0.3, 0.4) is 0 Å². The molecule has 1 aliphatic rings. The van der Waals surface area contributed by atoms with E-state index < -0.39 is 43.4 Å². The average Bonchev–Trinajstić information content (AvgIpc) is 2.99. The summed E-state index contributed by atoms with van der Waals surface area (Å²) in [6, 6.07) is 16.1. The number of unbranched alkanes of at least 4 members (excludes halogenated alkanes) is 2. The number of hydrogen-bond acceptors (Lipinski definition) is 8. The molecular formula is C30H32Cl2NO8PS2. The molecule has 0 aliphatic heterocycles. The van der Waals surface area contributed by atoms with Crippen LogP contribution in [0.4, 0.5) is 0 Å². The number of benzene rings is 3. The van der Waals surface area contributed by atoms with Crippen molar-refractivity contribution in [2.45, 2.75) is 54.6 Å². The minimum Gasteiger partial charge on any atom is -0.307 e. The van der Waals surface area contributed by atoms with Crippen molar-refractivity contribution < 1.29 is 35.2 Å². The van der Waals surface area contributed by atoms with E-state index in [0.29, 0.717) is 25.7 Å². The summed E-state index contributed by atoms with van der Waals surface area (Å²) in [7, 11) is -13.9. The van der Waals surface area contributed by atoms with E-state index >= 15 is 4.57 Å². The van der Waals surface area contributed by atoms with E-state index in [0.717, 1.165) is 6.08 Å². The van der Waals surface area contributed by atoms with Crippen LogP contribution < -0.4 is 4.72 Å². The number of nitrogens with one attached hydrogen (secondary N) is 1. The minimum atomic E-state index is -4.71. The highest BCUT2D eigenvalue weighted by Gasteiger charge is 2.58. The Morgan fingerprint density at radius 3 is 1.80 bits per heavy atom. The highest BCUT2D eigenvalue weighted by atomic mass is 35.5. The van der Waals surface area contributed by atoms with Crippen LogP contribution in [0.5, 0.6) is 0 Å². The fourth-order valence-electron chi connectivity index (χ4n) is 4.56. The van der Waals surface area contributed by atoms with E-state index in [4.69, 9.17) is 32.2 Å². The van der Waals surface area contributed by atoms with Gasteiger partial charge in [-0.25, -0.2) is 16.8 Å². The number of allylic oxidation sites excluding steroid dienone is 1. The summed E-state index contributed by atoms with van der Waals surface area (Å²) in [6.07, 6.45) is 3.07. The van der Waals surface area contributed by atoms with Crippen LogP contribution in [0, 0.1) is 0 Å². The molecule has 0 fully saturated rings. The number of carbonyl (C=O) groups is 1. The first-order valence-electron chi connectivity index (χ1n) is 13.9. The molecule has 44 heavy (non-hydrogen) atoms. The number of hydrogen-bond donors (Lipinski definition) is 1. The Labute approximate surface area is 268 Å². The Bertz CT molecular complexity index is 1800. The first kappa shape index (κ1) is 34.5. The number of fused-ring (bicyclic) bond motifs is 1. The number of ketones is 1. The lowest BCUT2D eigenvalue weighted by atomic mass is 9.92. The molecule has 9 nitrogen and oxygen atoms in total. The number of sulfonamides is 1. The van der Waals surface area contributed by atoms with Crippen LogP contribution in [0.2, 0.25) is 10.0 Å². The second-order valence-electron chi connectivity index (χ2n) is 10.0. The molecular weight excluding hydrogens is 668 g/mol. The molecule has 4 rings (SSSR count). The Morgan fingerprint density at radius 1 is 0.773 bits per heavy atom. The Kier molecular flexibility index (Phi) is 11.0. The number of rotatable bonds is 14. The van der Waals surface area contributed by atoms with Gasteiger partial charge in [0.1, 0.15) is 4.91 Å². The molecule has 1 aliphatic carbocycles. The quantitative estimate of drug-likeness (QED) is 0.135. The van der Waals surface area contributed by atoms with Gasteiger partial charge in [0.25, 0.3) is 0 Å². The van der Waals surface area contributed by atoms with Crippen molar-refractivity contribution in [2.24, 2.45) is 0 Å². The van der Waals surface area contributed by atoms with Gasteiger partial charge in [-0.2, -0.15) is 4.72 Å². The maximum atomic E-state index is 15.2. The van der Waals surface area contributed by atoms with Gasteiger partial charge in [-0.15, -0.1) is 0 Å². The molecule has 0 aromatic heterocycles. The number of carbonyl (C=O) groups excluding carboxylic acids is 1. The SMILES string of the molecule is CCCCOP(=O)(OCCCC)C1(NS(=O)(=O)c2ccc(Cl)cc2)C=C(S(=O)(=O)c2ccc(Cl)cc2)C(=O)c2ccccc21. The minimum absolute atomic E-state index is 0.0751. The number of sulfone groups is 1. The zero-order valence-electron chi connectivity index (χ0n) is 24.0. The normalized spacial score (nSPS) is 17.3. The second kappa shape index (κ2) is 14.0. The van der Waals surface area contributed by atoms with Crippen molar-refractivity contribution in [2.75, 3.05) is 13.2 Å². The second-order valence-corrected chi connectivity index (χ2v) is 16.7. The standard InChI is InChI=1S/C30H32Cl2NO8PS2/c1-3-5-19-40-42(35,41-20-6-4-2)30(33-44(38,39)25-17-13-23(32)14-18-25)21-28(29(34)26-9-7-8-10-27(26)30)43(36,37)24-15-11-22(31)12-16-24/h7-18,21,33H,3-6,19-20H2,1-2H3. The van der Waals surface area contributed by atoms with Gasteiger partial charge in [0.2, 0.25) is 25.6 Å². The average molecular weight is 701 g/mol. The third-order valence-corrected chi connectivity index (χ3v) is 13.2. The molecule has 0 bridgehead atoms. The van der Waals surface area contributed by atoms with E-state index in [1.165, 1.54) is 72.8 Å². The molecule has 0 saturated carbocycles. The van der Waals surface area contributed by atoms with Gasteiger partial charge in [-0.05, 0) is 67.4 Å². The summed E-state index contributed by atoms with van der Waals surface area (Å²) >= 11 is 12.0. The van der Waals surface area contributed by atoms with E-state index in [2.05, 4.69) is 4.72 Å². The molecule has 0 spiro atoms. The Balaban J connectivity index is 2.08. The summed E-state index contributed by atoms with van der Waals surface area (Å²) in [5, 5.41) is -1.92. The molecule has 1 atom stereocenters. The summed E-state index contributed by atoms with van der Waals surface area (Å²) in [5.41, 5.74) is -0.256. The van der Waals surface area contributed by atoms with Crippen molar-refractivity contribution >= 4 is 56.4 Å². The van der Waals surface area contributed by atoms with E-state index in [1.54, 1.807) is 0 Å². The molecule has 236 valence electrons. The first-order chi connectivity index (χ1) is 20.8. The fraction of sp³-hybridized carbons (Fsp3) is 0.300. The zero-order chi connectivity index (χ0) is 32.2. The van der Waals surface area contributed by atoms with Gasteiger partial charge in [0.05, 0.1) is 23.0 Å². The van der Waals surface area contributed by atoms with Crippen molar-refractivity contribution in [1.82, 2.24) is 4.72 Å². The predicted molar refractivity (Wildman–Crippen MR) is 170 cm³/mol. The Morgan fingerprint density at radius 2 is 1.27 bits per heavy atom. The van der Waals surface area contributed by atoms with Crippen LogP contribution in [-0.2, 0) is 38.8 Å². The van der Waals surface area contributed by atoms with Crippen molar-refractivity contribution in [3.8, 4) is 0 Å². The van der Waals surface area contributed by atoms with E-state index in [1.807, 2.05) is 13.8 Å². The highest BCUT2D eigenvalue weighted by molar-refractivity contribution is 7.96. The van der Waals surface area contributed by atoms with E-state index in [9.17, 15) is 21.6 Å². The lowest BCUT2D eigenvalue weighted by Crippen LogP contribution is -2.48. The van der Waals surface area contributed by atoms with Crippen molar-refractivity contribution in [3.05, 3.63) is 105 Å². The topological polar surface area (TPSA) is 133 Å². The zero-order valence-corrected chi connectivity index (χ0v) is 28.1. The summed E-state index contributed by atoms with van der Waals surface area (Å²) in [5.74, 6) is -0.912. The number of Topliss-reactive ketones (excluding diaryl/α,β-unsaturated/α-hetero) is 1. The molecule has 14 heteroatoms. The summed E-state index contributed by atoms with van der Waals surface area (Å²) in [6.45, 7) is 3.59. The Hall–Kier alpha value is -2.34. The van der Waals surface area contributed by atoms with Gasteiger partial charge in [-0.3, -0.25) is 9.36 Å². The molecule has 0 amide bonds. The maximum Gasteiger partial charge on any atom is 0.360 e. The van der Waals surface area contributed by atoms with Crippen molar-refractivity contribution in [1.29, 1.82) is 0 Å².